The number of rotatable bonds is 9. The molecule has 0 atom stereocenters. The van der Waals surface area contributed by atoms with Crippen molar-refractivity contribution >= 4 is 28.6 Å². The third kappa shape index (κ3) is 6.10. The third-order valence-electron chi connectivity index (χ3n) is 8.34. The summed E-state index contributed by atoms with van der Waals surface area (Å²) in [7, 11) is 0. The number of morpholine rings is 1. The van der Waals surface area contributed by atoms with E-state index in [-0.39, 0.29) is 11.9 Å². The van der Waals surface area contributed by atoms with E-state index >= 15 is 0 Å². The second-order valence-corrected chi connectivity index (χ2v) is 11.2. The van der Waals surface area contributed by atoms with E-state index in [0.29, 0.717) is 79.6 Å². The summed E-state index contributed by atoms with van der Waals surface area (Å²) in [5, 5.41) is 3.50. The number of hydrogen-bond donors (Lipinski definition) is 1. The van der Waals surface area contributed by atoms with Gasteiger partial charge in [-0.15, -0.1) is 0 Å². The lowest BCUT2D eigenvalue weighted by molar-refractivity contribution is -0.121. The fourth-order valence-corrected chi connectivity index (χ4v) is 6.26. The lowest BCUT2D eigenvalue weighted by Crippen LogP contribution is -2.37. The maximum atomic E-state index is 14.1. The van der Waals surface area contributed by atoms with E-state index in [9.17, 15) is 13.6 Å². The number of imidazole rings is 1. The molecule has 1 N–H and O–H groups in total. The van der Waals surface area contributed by atoms with Crippen LogP contribution in [0.25, 0.3) is 16.9 Å². The Hall–Kier alpha value is -3.18. The second kappa shape index (κ2) is 12.1. The van der Waals surface area contributed by atoms with Gasteiger partial charge in [0.2, 0.25) is 5.95 Å². The Morgan fingerprint density at radius 2 is 1.70 bits per heavy atom. The average molecular weight is 554 g/mol. The molecular formula is C29H37F2N7O2. The molecule has 4 heterocycles. The number of ether oxygens (including phenoxy) is 1. The number of ketones is 1. The number of nitrogens with one attached hydrogen (secondary N) is 1. The maximum Gasteiger partial charge on any atom is 0.296 e. The Morgan fingerprint density at radius 3 is 2.45 bits per heavy atom. The summed E-state index contributed by atoms with van der Waals surface area (Å²) in [6, 6.07) is 9.04. The number of para-hydroxylation sites is 2. The molecule has 3 aliphatic rings. The largest absolute Gasteiger partial charge is 0.378 e. The number of nitrogens with zero attached hydrogens (tertiary/aromatic N) is 6. The lowest BCUT2D eigenvalue weighted by atomic mass is 9.83. The topological polar surface area (TPSA) is 88.4 Å². The minimum Gasteiger partial charge on any atom is -0.378 e. The number of anilines is 2. The van der Waals surface area contributed by atoms with Crippen molar-refractivity contribution in [3.05, 3.63) is 36.2 Å². The second-order valence-electron chi connectivity index (χ2n) is 11.2. The van der Waals surface area contributed by atoms with Gasteiger partial charge in [0.15, 0.2) is 5.82 Å². The van der Waals surface area contributed by atoms with Gasteiger partial charge in [-0.1, -0.05) is 12.1 Å². The molecule has 0 spiro atoms. The minimum absolute atomic E-state index is 0.159. The van der Waals surface area contributed by atoms with E-state index in [0.717, 1.165) is 38.8 Å². The van der Waals surface area contributed by atoms with Crippen LogP contribution in [0.3, 0.4) is 0 Å². The first kappa shape index (κ1) is 27.0. The van der Waals surface area contributed by atoms with E-state index in [1.165, 1.54) is 17.4 Å². The Kier molecular flexibility index (Phi) is 8.20. The van der Waals surface area contributed by atoms with Gasteiger partial charge in [0.05, 0.1) is 30.8 Å². The van der Waals surface area contributed by atoms with E-state index in [1.807, 2.05) is 6.07 Å². The summed E-state index contributed by atoms with van der Waals surface area (Å²) in [4.78, 5) is 30.7. The zero-order chi connectivity index (χ0) is 27.5. The van der Waals surface area contributed by atoms with Gasteiger partial charge < -0.3 is 15.0 Å². The Balaban J connectivity index is 1.20. The molecule has 2 saturated heterocycles. The molecule has 2 aromatic heterocycles. The molecule has 3 fully saturated rings. The lowest BCUT2D eigenvalue weighted by Gasteiger charge is -2.31. The smallest absolute Gasteiger partial charge is 0.296 e. The number of fused-ring (bicyclic) bond motifs is 1. The number of aromatic nitrogens is 4. The molecule has 0 unspecified atom stereocenters. The maximum absolute atomic E-state index is 14.1. The molecule has 11 heteroatoms. The van der Waals surface area contributed by atoms with Crippen molar-refractivity contribution in [1.29, 1.82) is 0 Å². The van der Waals surface area contributed by atoms with Crippen molar-refractivity contribution in [3.8, 4) is 5.82 Å². The first-order valence-electron chi connectivity index (χ1n) is 14.5. The summed E-state index contributed by atoms with van der Waals surface area (Å²) in [6.07, 6.45) is 4.07. The molecule has 2 aliphatic heterocycles. The highest BCUT2D eigenvalue weighted by molar-refractivity contribution is 5.80. The fourth-order valence-electron chi connectivity index (χ4n) is 6.26. The van der Waals surface area contributed by atoms with Crippen molar-refractivity contribution in [2.24, 2.45) is 5.92 Å². The molecular weight excluding hydrogens is 516 g/mol. The van der Waals surface area contributed by atoms with Crippen molar-refractivity contribution in [2.45, 2.75) is 57.4 Å². The van der Waals surface area contributed by atoms with Crippen molar-refractivity contribution in [3.63, 3.8) is 0 Å². The molecule has 214 valence electrons. The van der Waals surface area contributed by atoms with E-state index < -0.39 is 6.43 Å². The highest BCUT2D eigenvalue weighted by Crippen LogP contribution is 2.32. The van der Waals surface area contributed by atoms with Gasteiger partial charge in [-0.25, -0.2) is 13.8 Å². The number of benzene rings is 1. The van der Waals surface area contributed by atoms with E-state index in [2.05, 4.69) is 20.1 Å². The molecule has 3 aromatic rings. The summed E-state index contributed by atoms with van der Waals surface area (Å²) >= 11 is 0. The Morgan fingerprint density at radius 1 is 0.975 bits per heavy atom. The van der Waals surface area contributed by atoms with Gasteiger partial charge >= 0.3 is 0 Å². The highest BCUT2D eigenvalue weighted by Gasteiger charge is 2.27. The van der Waals surface area contributed by atoms with Crippen molar-refractivity contribution in [2.75, 3.05) is 56.2 Å². The molecule has 1 aromatic carbocycles. The number of alkyl halides is 2. The summed E-state index contributed by atoms with van der Waals surface area (Å²) in [5.74, 6) is 1.89. The monoisotopic (exact) mass is 553 g/mol. The average Bonchev–Trinajstić information content (AvgIpc) is 3.62. The minimum atomic E-state index is -2.76. The third-order valence-corrected chi connectivity index (χ3v) is 8.34. The van der Waals surface area contributed by atoms with Gasteiger partial charge in [0.1, 0.15) is 17.4 Å². The van der Waals surface area contributed by atoms with Crippen LogP contribution in [-0.2, 0) is 9.53 Å². The highest BCUT2D eigenvalue weighted by atomic mass is 19.3. The molecule has 1 aliphatic carbocycles. The van der Waals surface area contributed by atoms with Gasteiger partial charge in [0.25, 0.3) is 6.43 Å². The summed E-state index contributed by atoms with van der Waals surface area (Å²) in [5.41, 5.74) is 1.07. The quantitative estimate of drug-likeness (QED) is 0.411. The summed E-state index contributed by atoms with van der Waals surface area (Å²) < 4.78 is 35.2. The van der Waals surface area contributed by atoms with Crippen LogP contribution in [0.4, 0.5) is 20.5 Å². The SMILES string of the molecule is O=C(CC1CCC(Nc2nc(N3CCOCC3)cc(-n3c(C(F)F)nc4ccccc43)n2)CC1)CN1CCCC1. The van der Waals surface area contributed by atoms with Crippen LogP contribution in [0.2, 0.25) is 0 Å². The number of carbonyl (C=O) groups excluding carboxylic acids is 1. The van der Waals surface area contributed by atoms with Gasteiger partial charge in [-0.2, -0.15) is 9.97 Å². The van der Waals surface area contributed by atoms with Crippen LogP contribution in [0, 0.1) is 5.92 Å². The summed E-state index contributed by atoms with van der Waals surface area (Å²) in [6.45, 7) is 5.17. The molecule has 40 heavy (non-hydrogen) atoms. The first-order valence-corrected chi connectivity index (χ1v) is 14.5. The zero-order valence-electron chi connectivity index (χ0n) is 22.8. The molecule has 0 radical (unpaired) electrons. The first-order chi connectivity index (χ1) is 19.5. The van der Waals surface area contributed by atoms with E-state index in [4.69, 9.17) is 14.7 Å². The fraction of sp³-hybridized carbons (Fsp3) is 0.586. The number of carbonyl (C=O) groups is 1. The molecule has 0 amide bonds. The molecule has 0 bridgehead atoms. The van der Waals surface area contributed by atoms with Crippen LogP contribution in [0.5, 0.6) is 0 Å². The van der Waals surface area contributed by atoms with E-state index in [1.54, 1.807) is 24.3 Å². The predicted molar refractivity (Wildman–Crippen MR) is 149 cm³/mol. The Bertz CT molecular complexity index is 1310. The molecule has 1 saturated carbocycles. The van der Waals surface area contributed by atoms with Crippen LogP contribution < -0.4 is 10.2 Å². The molecule has 9 nitrogen and oxygen atoms in total. The normalized spacial score (nSPS) is 22.3. The standard InChI is InChI=1S/C29H37F2N7O2/c30-27(31)28-33-23-5-1-2-6-24(23)38(28)26-18-25(37-13-15-40-16-14-37)34-29(35-26)32-21-9-7-20(8-10-21)17-22(39)19-36-11-3-4-12-36/h1-2,5-6,18,20-21,27H,3-4,7-17,19H2,(H,32,34,35). The number of hydrogen-bond acceptors (Lipinski definition) is 8. The van der Waals surface area contributed by atoms with Crippen LogP contribution in [0.1, 0.15) is 57.2 Å². The van der Waals surface area contributed by atoms with Gasteiger partial charge in [-0.3, -0.25) is 14.3 Å². The van der Waals surface area contributed by atoms with Crippen molar-refractivity contribution in [1.82, 2.24) is 24.4 Å². The van der Waals surface area contributed by atoms with Crippen LogP contribution in [-0.4, -0.2) is 82.2 Å². The van der Waals surface area contributed by atoms with Crippen LogP contribution in [0.15, 0.2) is 30.3 Å². The zero-order valence-corrected chi connectivity index (χ0v) is 22.8. The molecule has 6 rings (SSSR count). The predicted octanol–water partition coefficient (Wildman–Crippen LogP) is 4.62. The number of halogens is 2. The number of Topliss-reactive ketones (excluding diaryl/α,β-unsaturated/α-hetero) is 1. The van der Waals surface area contributed by atoms with Crippen molar-refractivity contribution < 1.29 is 18.3 Å². The Labute approximate surface area is 232 Å². The number of likely N-dealkylation sites (tertiary alicyclic amines) is 1. The van der Waals surface area contributed by atoms with Gasteiger partial charge in [-0.05, 0) is 69.7 Å². The van der Waals surface area contributed by atoms with Gasteiger partial charge in [0, 0.05) is 31.6 Å². The van der Waals surface area contributed by atoms with Crippen LogP contribution >= 0.6 is 0 Å².